The number of nitrogens with zero attached hydrogens (tertiary/aromatic N) is 3. The normalized spacial score (nSPS) is 11.5. The molecule has 10 heteroatoms. The molecule has 1 aromatic carbocycles. The number of methoxy groups -OCH3 is 1. The summed E-state index contributed by atoms with van der Waals surface area (Å²) < 4.78 is 8.18. The van der Waals surface area contributed by atoms with Crippen LogP contribution in [0.2, 0.25) is 0 Å². The molecule has 7 nitrogen and oxygen atoms in total. The van der Waals surface area contributed by atoms with E-state index in [1.165, 1.54) is 23.1 Å². The Kier molecular flexibility index (Phi) is 5.63. The fourth-order valence-corrected chi connectivity index (χ4v) is 4.77. The molecule has 3 heterocycles. The average Bonchev–Trinajstić information content (AvgIpc) is 3.16. The van der Waals surface area contributed by atoms with Crippen molar-refractivity contribution in [2.45, 2.75) is 17.5 Å². The number of ether oxygens (including phenoxy) is 1. The topological polar surface area (TPSA) is 89.9 Å². The predicted molar refractivity (Wildman–Crippen MR) is 115 cm³/mol. The molecule has 1 N–H and O–H groups in total. The van der Waals surface area contributed by atoms with E-state index >= 15 is 0 Å². The monoisotopic (exact) mass is 478 g/mol. The second-order valence-corrected chi connectivity index (χ2v) is 8.72. The zero-order chi connectivity index (χ0) is 19.7. The maximum atomic E-state index is 13.0. The minimum atomic E-state index is -0.149. The molecule has 0 bridgehead atoms. The maximum Gasteiger partial charge on any atom is 0.268 e. The number of halogens is 1. The van der Waals surface area contributed by atoms with E-state index in [1.54, 1.807) is 17.7 Å². The van der Waals surface area contributed by atoms with Crippen molar-refractivity contribution >= 4 is 60.1 Å². The van der Waals surface area contributed by atoms with E-state index in [9.17, 15) is 9.59 Å². The number of nitrogens with one attached hydrogen (secondary N) is 1. The van der Waals surface area contributed by atoms with Gasteiger partial charge in [-0.05, 0) is 29.6 Å². The molecule has 0 saturated carbocycles. The summed E-state index contributed by atoms with van der Waals surface area (Å²) in [4.78, 5) is 37.1. The van der Waals surface area contributed by atoms with Gasteiger partial charge in [0.1, 0.15) is 10.5 Å². The van der Waals surface area contributed by atoms with Crippen LogP contribution in [0.1, 0.15) is 5.82 Å². The van der Waals surface area contributed by atoms with E-state index in [0.29, 0.717) is 51.0 Å². The lowest BCUT2D eigenvalue weighted by atomic mass is 10.2. The van der Waals surface area contributed by atoms with Crippen molar-refractivity contribution in [3.63, 3.8) is 0 Å². The Balaban J connectivity index is 1.72. The smallest absolute Gasteiger partial charge is 0.268 e. The molecule has 0 radical (unpaired) electrons. The van der Waals surface area contributed by atoms with Crippen LogP contribution < -0.4 is 11.1 Å². The lowest BCUT2D eigenvalue weighted by Gasteiger charge is -2.12. The number of aromatic amines is 1. The van der Waals surface area contributed by atoms with E-state index < -0.39 is 0 Å². The van der Waals surface area contributed by atoms with Gasteiger partial charge in [-0.2, -0.15) is 0 Å². The van der Waals surface area contributed by atoms with E-state index in [-0.39, 0.29) is 11.1 Å². The summed E-state index contributed by atoms with van der Waals surface area (Å²) in [7, 11) is 1.59. The summed E-state index contributed by atoms with van der Waals surface area (Å²) in [5, 5.41) is 2.95. The van der Waals surface area contributed by atoms with Gasteiger partial charge in [-0.1, -0.05) is 27.7 Å². The second-order valence-electron chi connectivity index (χ2n) is 5.94. The fraction of sp³-hybridized carbons (Fsp3) is 0.222. The highest BCUT2D eigenvalue weighted by atomic mass is 79.9. The van der Waals surface area contributed by atoms with Crippen molar-refractivity contribution in [2.24, 2.45) is 0 Å². The Morgan fingerprint density at radius 2 is 2.11 bits per heavy atom. The van der Waals surface area contributed by atoms with Gasteiger partial charge in [0, 0.05) is 11.6 Å². The summed E-state index contributed by atoms with van der Waals surface area (Å²) >= 11 is 6.12. The number of rotatable bonds is 6. The van der Waals surface area contributed by atoms with Gasteiger partial charge in [0.05, 0.1) is 35.3 Å². The lowest BCUT2D eigenvalue weighted by Crippen LogP contribution is -2.25. The molecule has 144 valence electrons. The molecule has 0 amide bonds. The molecular weight excluding hydrogens is 464 g/mol. The Bertz CT molecular complexity index is 1280. The number of hydrogen-bond acceptors (Lipinski definition) is 7. The third kappa shape index (κ3) is 3.77. The summed E-state index contributed by atoms with van der Waals surface area (Å²) in [6.45, 7) is 0.783. The fourth-order valence-electron chi connectivity index (χ4n) is 2.79. The molecule has 0 saturated heterocycles. The summed E-state index contributed by atoms with van der Waals surface area (Å²) in [5.74, 6) is 0.937. The molecule has 4 aromatic rings. The molecule has 0 aliphatic heterocycles. The quantitative estimate of drug-likeness (QED) is 0.337. The molecule has 28 heavy (non-hydrogen) atoms. The first kappa shape index (κ1) is 19.3. The second kappa shape index (κ2) is 8.16. The average molecular weight is 479 g/mol. The summed E-state index contributed by atoms with van der Waals surface area (Å²) in [6.07, 6.45) is 0. The molecule has 0 spiro atoms. The Labute approximate surface area is 175 Å². The zero-order valence-corrected chi connectivity index (χ0v) is 18.0. The van der Waals surface area contributed by atoms with Crippen LogP contribution in [0.5, 0.6) is 0 Å². The molecular formula is C18H15BrN4O3S2. The first-order valence-corrected chi connectivity index (χ1v) is 11.0. The van der Waals surface area contributed by atoms with Gasteiger partial charge in [-0.15, -0.1) is 11.3 Å². The van der Waals surface area contributed by atoms with Crippen molar-refractivity contribution in [3.8, 4) is 0 Å². The van der Waals surface area contributed by atoms with Crippen molar-refractivity contribution in [3.05, 3.63) is 60.7 Å². The molecule has 0 fully saturated rings. The molecule has 0 atom stereocenters. The Morgan fingerprint density at radius 3 is 2.93 bits per heavy atom. The number of thiophene rings is 1. The number of thioether (sulfide) groups is 1. The van der Waals surface area contributed by atoms with Crippen LogP contribution in [0.25, 0.3) is 21.1 Å². The number of fused-ring (bicyclic) bond motifs is 2. The maximum absolute atomic E-state index is 13.0. The summed E-state index contributed by atoms with van der Waals surface area (Å²) in [5.41, 5.74) is 1.03. The number of hydrogen-bond donors (Lipinski definition) is 1. The molecule has 0 aliphatic rings. The van der Waals surface area contributed by atoms with Crippen LogP contribution >= 0.6 is 39.0 Å². The first-order valence-electron chi connectivity index (χ1n) is 8.35. The van der Waals surface area contributed by atoms with E-state index in [2.05, 4.69) is 30.9 Å². The summed E-state index contributed by atoms with van der Waals surface area (Å²) in [6, 6.07) is 7.26. The lowest BCUT2D eigenvalue weighted by molar-refractivity contribution is 0.183. The van der Waals surface area contributed by atoms with Crippen molar-refractivity contribution in [2.75, 3.05) is 13.7 Å². The van der Waals surface area contributed by atoms with Crippen molar-refractivity contribution in [1.82, 2.24) is 19.5 Å². The number of H-pyrrole nitrogens is 1. The SMILES string of the molecule is COCCn1c(SCc2nc3ccsc3c(=O)[nH]2)nc2ccc(Br)cc2c1=O. The van der Waals surface area contributed by atoms with Gasteiger partial charge in [0.15, 0.2) is 5.16 Å². The third-order valence-corrected chi connectivity index (χ3v) is 6.49. The highest BCUT2D eigenvalue weighted by Crippen LogP contribution is 2.23. The molecule has 0 aliphatic carbocycles. The van der Waals surface area contributed by atoms with Gasteiger partial charge in [0.25, 0.3) is 11.1 Å². The minimum absolute atomic E-state index is 0.124. The first-order chi connectivity index (χ1) is 13.6. The van der Waals surface area contributed by atoms with Gasteiger partial charge in [-0.25, -0.2) is 9.97 Å². The van der Waals surface area contributed by atoms with E-state index in [0.717, 1.165) is 4.47 Å². The van der Waals surface area contributed by atoms with E-state index in [4.69, 9.17) is 4.74 Å². The van der Waals surface area contributed by atoms with Gasteiger partial charge in [-0.3, -0.25) is 14.2 Å². The predicted octanol–water partition coefficient (Wildman–Crippen LogP) is 3.40. The van der Waals surface area contributed by atoms with Crippen LogP contribution in [0.15, 0.2) is 48.9 Å². The highest BCUT2D eigenvalue weighted by molar-refractivity contribution is 9.10. The minimum Gasteiger partial charge on any atom is -0.383 e. The number of benzene rings is 1. The molecule has 4 rings (SSSR count). The van der Waals surface area contributed by atoms with Gasteiger partial charge >= 0.3 is 0 Å². The van der Waals surface area contributed by atoms with Crippen LogP contribution in [0, 0.1) is 0 Å². The highest BCUT2D eigenvalue weighted by Gasteiger charge is 2.13. The van der Waals surface area contributed by atoms with E-state index in [1.807, 2.05) is 23.6 Å². The Morgan fingerprint density at radius 1 is 1.25 bits per heavy atom. The molecule has 3 aromatic heterocycles. The number of aromatic nitrogens is 4. The van der Waals surface area contributed by atoms with Crippen LogP contribution in [0.3, 0.4) is 0 Å². The van der Waals surface area contributed by atoms with Crippen LogP contribution in [-0.2, 0) is 17.0 Å². The Hall–Kier alpha value is -2.01. The largest absolute Gasteiger partial charge is 0.383 e. The van der Waals surface area contributed by atoms with Gasteiger partial charge < -0.3 is 9.72 Å². The van der Waals surface area contributed by atoms with Crippen molar-refractivity contribution in [1.29, 1.82) is 0 Å². The van der Waals surface area contributed by atoms with Crippen molar-refractivity contribution < 1.29 is 4.74 Å². The third-order valence-electron chi connectivity index (χ3n) is 4.10. The van der Waals surface area contributed by atoms with Gasteiger partial charge in [0.2, 0.25) is 0 Å². The van der Waals surface area contributed by atoms with Crippen LogP contribution in [0.4, 0.5) is 0 Å². The van der Waals surface area contributed by atoms with Crippen LogP contribution in [-0.4, -0.2) is 33.2 Å². The molecule has 0 unspecified atom stereocenters. The zero-order valence-electron chi connectivity index (χ0n) is 14.8. The standard InChI is InChI=1S/C18H15BrN4O3S2/c1-26-6-5-23-17(25)11-8-10(19)2-3-12(11)21-18(23)28-9-14-20-13-4-7-27-15(13)16(24)22-14/h2-4,7-8H,5-6,9H2,1H3,(H,20,22,24).